The average molecular weight is 488 g/mol. The Bertz CT molecular complexity index is 1070. The second-order valence-corrected chi connectivity index (χ2v) is 11.1. The number of ketones is 1. The topological polar surface area (TPSA) is 50.2 Å². The fraction of sp³-hybridized carbons (Fsp3) is 0.586. The molecule has 0 bridgehead atoms. The van der Waals surface area contributed by atoms with Gasteiger partial charge in [0, 0.05) is 28.3 Å². The number of halogens is 3. The maximum Gasteiger partial charge on any atom is 0.416 e. The molecule has 0 unspecified atom stereocenters. The number of benzene rings is 1. The zero-order valence-electron chi connectivity index (χ0n) is 21.0. The first kappa shape index (κ1) is 25.9. The summed E-state index contributed by atoms with van der Waals surface area (Å²) in [5.74, 6) is -0.111. The van der Waals surface area contributed by atoms with Gasteiger partial charge < -0.3 is 5.11 Å². The number of carbonyl (C=O) groups is 1. The lowest BCUT2D eigenvalue weighted by atomic mass is 9.71. The van der Waals surface area contributed by atoms with Crippen LogP contribution in [0.4, 0.5) is 13.2 Å². The predicted octanol–water partition coefficient (Wildman–Crippen LogP) is 7.73. The summed E-state index contributed by atoms with van der Waals surface area (Å²) >= 11 is 0. The van der Waals surface area contributed by atoms with E-state index in [-0.39, 0.29) is 22.7 Å². The molecule has 2 aliphatic carbocycles. The third-order valence-corrected chi connectivity index (χ3v) is 7.65. The molecular formula is C29H36F3NO2. The lowest BCUT2D eigenvalue weighted by Gasteiger charge is -2.37. The van der Waals surface area contributed by atoms with Gasteiger partial charge in [-0.2, -0.15) is 13.2 Å². The fourth-order valence-electron chi connectivity index (χ4n) is 5.92. The van der Waals surface area contributed by atoms with E-state index in [1.54, 1.807) is 0 Å². The molecule has 0 radical (unpaired) electrons. The van der Waals surface area contributed by atoms with E-state index in [1.807, 2.05) is 0 Å². The third kappa shape index (κ3) is 5.47. The minimum atomic E-state index is -4.45. The minimum absolute atomic E-state index is 0.0913. The zero-order chi connectivity index (χ0) is 25.4. The number of rotatable bonds is 7. The van der Waals surface area contributed by atoms with Crippen LogP contribution in [0.3, 0.4) is 0 Å². The van der Waals surface area contributed by atoms with Crippen LogP contribution in [0.1, 0.15) is 128 Å². The molecule has 0 amide bonds. The second-order valence-electron chi connectivity index (χ2n) is 11.1. The van der Waals surface area contributed by atoms with Gasteiger partial charge in [0.1, 0.15) is 0 Å². The van der Waals surface area contributed by atoms with Gasteiger partial charge >= 0.3 is 6.18 Å². The normalized spacial score (nSPS) is 20.1. The summed E-state index contributed by atoms with van der Waals surface area (Å²) in [6.45, 7) is 6.39. The Labute approximate surface area is 206 Å². The summed E-state index contributed by atoms with van der Waals surface area (Å²) in [5, 5.41) is 11.2. The molecule has 2 aromatic rings. The first-order valence-electron chi connectivity index (χ1n) is 13.0. The standard InChI is InChI=1S/C29H36F3NO2/c1-4-5-6-11-21-24-22(16-28(2,3)17-23(24)34)33-26(18-9-7-8-10-18)25(21)27(35)19-12-14-20(15-13-19)29(30,31)32/h12-15,18,23,34H,4-11,16-17H2,1-3H3/t23-/m0/s1. The van der Waals surface area contributed by atoms with E-state index in [0.717, 1.165) is 86.0 Å². The highest BCUT2D eigenvalue weighted by atomic mass is 19.4. The van der Waals surface area contributed by atoms with Crippen molar-refractivity contribution in [3.05, 3.63) is 63.5 Å². The molecule has 1 fully saturated rings. The number of fused-ring (bicyclic) bond motifs is 1. The number of pyridine rings is 1. The highest BCUT2D eigenvalue weighted by Crippen LogP contribution is 2.46. The molecule has 0 aliphatic heterocycles. The van der Waals surface area contributed by atoms with Crippen molar-refractivity contribution in [1.29, 1.82) is 0 Å². The van der Waals surface area contributed by atoms with Gasteiger partial charge in [-0.05, 0) is 61.6 Å². The van der Waals surface area contributed by atoms with Gasteiger partial charge in [-0.15, -0.1) is 0 Å². The van der Waals surface area contributed by atoms with Gasteiger partial charge in [0.2, 0.25) is 0 Å². The molecular weight excluding hydrogens is 451 g/mol. The van der Waals surface area contributed by atoms with E-state index in [9.17, 15) is 23.1 Å². The molecule has 3 nitrogen and oxygen atoms in total. The molecule has 1 atom stereocenters. The summed E-state index contributed by atoms with van der Waals surface area (Å²) in [4.78, 5) is 19.0. The van der Waals surface area contributed by atoms with Crippen molar-refractivity contribution in [3.63, 3.8) is 0 Å². The molecule has 0 saturated heterocycles. The van der Waals surface area contributed by atoms with E-state index in [0.29, 0.717) is 18.4 Å². The Kier molecular flexibility index (Phi) is 7.42. The highest BCUT2D eigenvalue weighted by Gasteiger charge is 2.38. The van der Waals surface area contributed by atoms with Crippen LogP contribution < -0.4 is 0 Å². The van der Waals surface area contributed by atoms with E-state index >= 15 is 0 Å². The smallest absolute Gasteiger partial charge is 0.388 e. The SMILES string of the molecule is CCCCCc1c(C(=O)c2ccc(C(F)(F)F)cc2)c(C2CCCC2)nc2c1[C@@H](O)CC(C)(C)C2. The van der Waals surface area contributed by atoms with E-state index in [4.69, 9.17) is 4.98 Å². The van der Waals surface area contributed by atoms with Crippen LogP contribution in [0, 0.1) is 5.41 Å². The average Bonchev–Trinajstić information content (AvgIpc) is 3.31. The maximum absolute atomic E-state index is 14.0. The summed E-state index contributed by atoms with van der Waals surface area (Å²) in [6.07, 6.45) is 3.85. The Morgan fingerprint density at radius 1 is 1.11 bits per heavy atom. The quantitative estimate of drug-likeness (QED) is 0.321. The predicted molar refractivity (Wildman–Crippen MR) is 131 cm³/mol. The Hall–Kier alpha value is -2.21. The molecule has 6 heteroatoms. The molecule has 1 aromatic heterocycles. The Morgan fingerprint density at radius 2 is 1.77 bits per heavy atom. The summed E-state index contributed by atoms with van der Waals surface area (Å²) in [5.41, 5.74) is 3.26. The number of hydrogen-bond donors (Lipinski definition) is 1. The van der Waals surface area contributed by atoms with Crippen molar-refractivity contribution in [2.75, 3.05) is 0 Å². The monoisotopic (exact) mass is 487 g/mol. The van der Waals surface area contributed by atoms with Crippen LogP contribution in [0.5, 0.6) is 0 Å². The number of hydrogen-bond acceptors (Lipinski definition) is 3. The van der Waals surface area contributed by atoms with Crippen LogP contribution in [0.15, 0.2) is 24.3 Å². The van der Waals surface area contributed by atoms with Crippen molar-refractivity contribution >= 4 is 5.78 Å². The van der Waals surface area contributed by atoms with Crippen LogP contribution in [0.25, 0.3) is 0 Å². The second kappa shape index (κ2) is 10.0. The number of aliphatic hydroxyl groups excluding tert-OH is 1. The van der Waals surface area contributed by atoms with Crippen LogP contribution in [-0.4, -0.2) is 15.9 Å². The van der Waals surface area contributed by atoms with E-state index in [2.05, 4.69) is 20.8 Å². The van der Waals surface area contributed by atoms with Crippen molar-refractivity contribution in [3.8, 4) is 0 Å². The van der Waals surface area contributed by atoms with Crippen LogP contribution >= 0.6 is 0 Å². The van der Waals surface area contributed by atoms with Crippen molar-refractivity contribution in [2.45, 2.75) is 103 Å². The van der Waals surface area contributed by atoms with E-state index in [1.165, 1.54) is 12.1 Å². The third-order valence-electron chi connectivity index (χ3n) is 7.65. The summed E-state index contributed by atoms with van der Waals surface area (Å²) < 4.78 is 39.4. The molecule has 1 saturated carbocycles. The maximum atomic E-state index is 14.0. The molecule has 4 rings (SSSR count). The molecule has 0 spiro atoms. The van der Waals surface area contributed by atoms with Crippen molar-refractivity contribution in [2.24, 2.45) is 5.41 Å². The molecule has 1 aromatic carbocycles. The van der Waals surface area contributed by atoms with Gasteiger partial charge in [0.15, 0.2) is 5.78 Å². The fourth-order valence-corrected chi connectivity index (χ4v) is 5.92. The van der Waals surface area contributed by atoms with Crippen molar-refractivity contribution in [1.82, 2.24) is 4.98 Å². The number of unbranched alkanes of at least 4 members (excludes halogenated alkanes) is 2. The lowest BCUT2D eigenvalue weighted by molar-refractivity contribution is -0.137. The van der Waals surface area contributed by atoms with Gasteiger partial charge in [-0.25, -0.2) is 0 Å². The van der Waals surface area contributed by atoms with Gasteiger partial charge in [0.25, 0.3) is 0 Å². The Morgan fingerprint density at radius 3 is 2.37 bits per heavy atom. The number of alkyl halides is 3. The molecule has 35 heavy (non-hydrogen) atoms. The lowest BCUT2D eigenvalue weighted by Crippen LogP contribution is -2.30. The number of nitrogens with zero attached hydrogens (tertiary/aromatic N) is 1. The first-order chi connectivity index (χ1) is 16.5. The van der Waals surface area contributed by atoms with Crippen LogP contribution in [-0.2, 0) is 19.0 Å². The minimum Gasteiger partial charge on any atom is -0.388 e. The number of carbonyl (C=O) groups excluding carboxylic acids is 1. The summed E-state index contributed by atoms with van der Waals surface area (Å²) in [6, 6.07) is 4.50. The number of aliphatic hydroxyl groups is 1. The molecule has 1 heterocycles. The molecule has 2 aliphatic rings. The Balaban J connectivity index is 1.89. The van der Waals surface area contributed by atoms with Crippen LogP contribution in [0.2, 0.25) is 0 Å². The summed E-state index contributed by atoms with van der Waals surface area (Å²) in [7, 11) is 0. The number of aromatic nitrogens is 1. The molecule has 1 N–H and O–H groups in total. The first-order valence-corrected chi connectivity index (χ1v) is 13.0. The largest absolute Gasteiger partial charge is 0.416 e. The van der Waals surface area contributed by atoms with Crippen molar-refractivity contribution < 1.29 is 23.1 Å². The molecule has 190 valence electrons. The van der Waals surface area contributed by atoms with Gasteiger partial charge in [-0.3, -0.25) is 9.78 Å². The highest BCUT2D eigenvalue weighted by molar-refractivity contribution is 6.11. The van der Waals surface area contributed by atoms with Gasteiger partial charge in [-0.1, -0.05) is 58.6 Å². The van der Waals surface area contributed by atoms with E-state index < -0.39 is 17.8 Å². The zero-order valence-corrected chi connectivity index (χ0v) is 21.0. The van der Waals surface area contributed by atoms with Gasteiger partial charge in [0.05, 0.1) is 17.4 Å².